The van der Waals surface area contributed by atoms with Crippen LogP contribution in [-0.2, 0) is 30.9 Å². The minimum absolute atomic E-state index is 0.0254. The molecule has 1 unspecified atom stereocenters. The topological polar surface area (TPSA) is 93.2 Å². The fourth-order valence-corrected chi connectivity index (χ4v) is 5.46. The van der Waals surface area contributed by atoms with E-state index in [0.717, 1.165) is 23.6 Å². The fraction of sp³-hybridized carbons (Fsp3) is 0.417. The number of para-hydroxylation sites is 1. The van der Waals surface area contributed by atoms with Crippen molar-refractivity contribution in [3.63, 3.8) is 0 Å². The third kappa shape index (κ3) is 5.36. The van der Waals surface area contributed by atoms with Crippen molar-refractivity contribution in [2.24, 2.45) is 0 Å². The number of rotatable bonds is 8. The normalized spacial score (nSPS) is 16.6. The number of benzene rings is 2. The molecule has 178 valence electrons. The van der Waals surface area contributed by atoms with Crippen molar-refractivity contribution in [3.05, 3.63) is 54.1 Å². The predicted molar refractivity (Wildman–Crippen MR) is 124 cm³/mol. The van der Waals surface area contributed by atoms with Crippen molar-refractivity contribution < 1.29 is 27.5 Å². The molecule has 1 heterocycles. The summed E-state index contributed by atoms with van der Waals surface area (Å²) in [5, 5.41) is 0. The van der Waals surface area contributed by atoms with Gasteiger partial charge in [0.1, 0.15) is 11.8 Å². The van der Waals surface area contributed by atoms with Gasteiger partial charge >= 0.3 is 5.97 Å². The zero-order valence-electron chi connectivity index (χ0n) is 19.2. The van der Waals surface area contributed by atoms with E-state index in [1.54, 1.807) is 36.4 Å². The second-order valence-electron chi connectivity index (χ2n) is 7.85. The maximum Gasteiger partial charge on any atom is 0.326 e. The van der Waals surface area contributed by atoms with Gasteiger partial charge in [0, 0.05) is 18.7 Å². The van der Waals surface area contributed by atoms with Crippen molar-refractivity contribution in [1.29, 1.82) is 0 Å². The Morgan fingerprint density at radius 3 is 2.36 bits per heavy atom. The van der Waals surface area contributed by atoms with Gasteiger partial charge in [0.05, 0.1) is 25.7 Å². The van der Waals surface area contributed by atoms with E-state index in [1.807, 2.05) is 0 Å². The van der Waals surface area contributed by atoms with E-state index < -0.39 is 22.0 Å². The van der Waals surface area contributed by atoms with Gasteiger partial charge in [-0.3, -0.25) is 9.59 Å². The summed E-state index contributed by atoms with van der Waals surface area (Å²) in [6.07, 6.45) is 2.94. The molecule has 1 aliphatic rings. The van der Waals surface area contributed by atoms with Gasteiger partial charge in [0.2, 0.25) is 15.9 Å². The van der Waals surface area contributed by atoms with Gasteiger partial charge in [-0.05, 0) is 42.3 Å². The maximum absolute atomic E-state index is 13.6. The molecule has 0 saturated heterocycles. The molecule has 0 radical (unpaired) electrons. The molecule has 0 aliphatic carbocycles. The maximum atomic E-state index is 13.6. The number of ether oxygens (including phenoxy) is 2. The van der Waals surface area contributed by atoms with Crippen LogP contribution in [-0.4, -0.2) is 51.4 Å². The first-order valence-corrected chi connectivity index (χ1v) is 12.4. The zero-order valence-corrected chi connectivity index (χ0v) is 20.0. The quantitative estimate of drug-likeness (QED) is 0.430. The summed E-state index contributed by atoms with van der Waals surface area (Å²) < 4.78 is 38.5. The Bertz CT molecular complexity index is 1080. The Balaban J connectivity index is 2.05. The molecule has 3 rings (SSSR count). The van der Waals surface area contributed by atoms with Crippen molar-refractivity contribution in [1.82, 2.24) is 4.31 Å². The summed E-state index contributed by atoms with van der Waals surface area (Å²) in [5.74, 6) is -0.344. The molecule has 0 fully saturated rings. The van der Waals surface area contributed by atoms with Gasteiger partial charge < -0.3 is 14.4 Å². The van der Waals surface area contributed by atoms with E-state index in [0.29, 0.717) is 23.4 Å². The Morgan fingerprint density at radius 2 is 1.73 bits per heavy atom. The van der Waals surface area contributed by atoms with Crippen molar-refractivity contribution >= 4 is 27.6 Å². The van der Waals surface area contributed by atoms with E-state index >= 15 is 0 Å². The van der Waals surface area contributed by atoms with Crippen LogP contribution in [0.4, 0.5) is 5.69 Å². The summed E-state index contributed by atoms with van der Waals surface area (Å²) in [7, 11) is -1.38. The van der Waals surface area contributed by atoms with E-state index in [1.165, 1.54) is 31.3 Å². The monoisotopic (exact) mass is 474 g/mol. The number of nitrogens with zero attached hydrogens (tertiary/aromatic N) is 2. The Kier molecular flexibility index (Phi) is 8.10. The van der Waals surface area contributed by atoms with Gasteiger partial charge in [-0.15, -0.1) is 0 Å². The molecule has 1 amide bonds. The Hall–Kier alpha value is -2.91. The number of esters is 1. The molecule has 0 N–H and O–H groups in total. The molecule has 0 spiro atoms. The number of sulfonamides is 1. The number of amides is 1. The van der Waals surface area contributed by atoms with E-state index in [9.17, 15) is 18.0 Å². The highest BCUT2D eigenvalue weighted by Gasteiger charge is 2.42. The molecule has 9 heteroatoms. The minimum atomic E-state index is -4.09. The Morgan fingerprint density at radius 1 is 1.03 bits per heavy atom. The van der Waals surface area contributed by atoms with E-state index in [4.69, 9.17) is 9.47 Å². The van der Waals surface area contributed by atoms with Crippen LogP contribution in [0.3, 0.4) is 0 Å². The number of carbonyl (C=O) groups is 2. The molecule has 33 heavy (non-hydrogen) atoms. The second kappa shape index (κ2) is 10.8. The molecule has 0 saturated carbocycles. The first kappa shape index (κ1) is 24.7. The average molecular weight is 475 g/mol. The molecule has 1 atom stereocenters. The van der Waals surface area contributed by atoms with Crippen LogP contribution in [0.2, 0.25) is 0 Å². The van der Waals surface area contributed by atoms with Gasteiger partial charge in [0.25, 0.3) is 0 Å². The highest BCUT2D eigenvalue weighted by atomic mass is 32.2. The SMILES string of the molecule is CCCCCC(=O)N1CC(C(=O)OC)N(S(=O)(=O)c2ccc(OC)cc2)Cc2ccccc21. The lowest BCUT2D eigenvalue weighted by Gasteiger charge is -2.29. The van der Waals surface area contributed by atoms with Crippen molar-refractivity contribution in [3.8, 4) is 5.75 Å². The van der Waals surface area contributed by atoms with Crippen LogP contribution < -0.4 is 9.64 Å². The summed E-state index contributed by atoms with van der Waals surface area (Å²) in [4.78, 5) is 27.5. The summed E-state index contributed by atoms with van der Waals surface area (Å²) in [6.45, 7) is 1.87. The molecule has 8 nitrogen and oxygen atoms in total. The van der Waals surface area contributed by atoms with Crippen molar-refractivity contribution in [2.75, 3.05) is 25.7 Å². The van der Waals surface area contributed by atoms with Crippen LogP contribution in [0.25, 0.3) is 0 Å². The number of unbranched alkanes of at least 4 members (excludes halogenated alkanes) is 2. The third-order valence-electron chi connectivity index (χ3n) is 5.75. The smallest absolute Gasteiger partial charge is 0.326 e. The van der Waals surface area contributed by atoms with E-state index in [-0.39, 0.29) is 23.9 Å². The number of fused-ring (bicyclic) bond motifs is 1. The van der Waals surface area contributed by atoms with Gasteiger partial charge in [0.15, 0.2) is 0 Å². The lowest BCUT2D eigenvalue weighted by Crippen LogP contribution is -2.50. The number of methoxy groups -OCH3 is 2. The van der Waals surface area contributed by atoms with Gasteiger partial charge in [-0.1, -0.05) is 38.0 Å². The highest BCUT2D eigenvalue weighted by molar-refractivity contribution is 7.89. The van der Waals surface area contributed by atoms with Crippen LogP contribution >= 0.6 is 0 Å². The van der Waals surface area contributed by atoms with Crippen molar-refractivity contribution in [2.45, 2.75) is 50.1 Å². The van der Waals surface area contributed by atoms with Crippen LogP contribution in [0.5, 0.6) is 5.75 Å². The first-order chi connectivity index (χ1) is 15.8. The lowest BCUT2D eigenvalue weighted by atomic mass is 10.1. The molecular weight excluding hydrogens is 444 g/mol. The first-order valence-electron chi connectivity index (χ1n) is 11.0. The standard InChI is InChI=1S/C24H30N2O6S/c1-4-5-6-11-23(27)25-17-22(24(28)32-3)26(16-18-9-7-8-10-21(18)25)33(29,30)20-14-12-19(31-2)13-15-20/h7-10,12-15,22H,4-6,11,16-17H2,1-3H3. The molecule has 2 aromatic rings. The van der Waals surface area contributed by atoms with Crippen LogP contribution in [0.1, 0.15) is 38.2 Å². The van der Waals surface area contributed by atoms with Crippen LogP contribution in [0.15, 0.2) is 53.4 Å². The van der Waals surface area contributed by atoms with Gasteiger partial charge in [-0.25, -0.2) is 8.42 Å². The largest absolute Gasteiger partial charge is 0.497 e. The highest BCUT2D eigenvalue weighted by Crippen LogP contribution is 2.32. The van der Waals surface area contributed by atoms with Crippen LogP contribution in [0, 0.1) is 0 Å². The number of hydrogen-bond acceptors (Lipinski definition) is 6. The number of carbonyl (C=O) groups excluding carboxylic acids is 2. The molecule has 1 aliphatic heterocycles. The lowest BCUT2D eigenvalue weighted by molar-refractivity contribution is -0.145. The second-order valence-corrected chi connectivity index (χ2v) is 9.75. The summed E-state index contributed by atoms with van der Waals surface area (Å²) in [6, 6.07) is 11.9. The third-order valence-corrected chi connectivity index (χ3v) is 7.62. The molecule has 2 aromatic carbocycles. The molecule has 0 aromatic heterocycles. The number of hydrogen-bond donors (Lipinski definition) is 0. The molecular formula is C24H30N2O6S. The number of anilines is 1. The Labute approximate surface area is 195 Å². The summed E-state index contributed by atoms with van der Waals surface area (Å²) >= 11 is 0. The zero-order chi connectivity index (χ0) is 24.0. The van der Waals surface area contributed by atoms with E-state index in [2.05, 4.69) is 6.92 Å². The average Bonchev–Trinajstić information content (AvgIpc) is 3.01. The predicted octanol–water partition coefficient (Wildman–Crippen LogP) is 3.35. The fourth-order valence-electron chi connectivity index (χ4n) is 3.91. The summed E-state index contributed by atoms with van der Waals surface area (Å²) in [5.41, 5.74) is 1.25. The van der Waals surface area contributed by atoms with Gasteiger partial charge in [-0.2, -0.15) is 4.31 Å². The minimum Gasteiger partial charge on any atom is -0.497 e. The molecule has 0 bridgehead atoms.